The molecule has 0 aliphatic carbocycles. The van der Waals surface area contributed by atoms with Crippen molar-refractivity contribution >= 4 is 11.6 Å². The molecule has 0 bridgehead atoms. The lowest BCUT2D eigenvalue weighted by Gasteiger charge is -2.36. The number of hydrogen-bond donors (Lipinski definition) is 1. The molecule has 7 heteroatoms. The first-order chi connectivity index (χ1) is 13.6. The summed E-state index contributed by atoms with van der Waals surface area (Å²) in [5.74, 6) is 0.0339. The number of para-hydroxylation sites is 1. The molecule has 28 heavy (non-hydrogen) atoms. The van der Waals surface area contributed by atoms with Crippen molar-refractivity contribution in [3.05, 3.63) is 71.9 Å². The third-order valence-corrected chi connectivity index (χ3v) is 4.85. The Morgan fingerprint density at radius 1 is 0.857 bits per heavy atom. The molecule has 3 aromatic rings. The fourth-order valence-corrected chi connectivity index (χ4v) is 3.38. The van der Waals surface area contributed by atoms with E-state index in [2.05, 4.69) is 14.9 Å². The van der Waals surface area contributed by atoms with E-state index in [4.69, 9.17) is 5.73 Å². The Morgan fingerprint density at radius 2 is 1.61 bits per heavy atom. The highest BCUT2D eigenvalue weighted by molar-refractivity contribution is 5.61. The number of anilines is 2. The normalized spacial score (nSPS) is 14.4. The molecule has 144 valence electrons. The molecule has 4 rings (SSSR count). The molecule has 0 saturated carbocycles. The van der Waals surface area contributed by atoms with Gasteiger partial charge in [0.05, 0.1) is 17.1 Å². The Hall–Kier alpha value is -3.06. The third kappa shape index (κ3) is 3.80. The molecular weight excluding hydrogens is 360 g/mol. The average molecular weight is 381 g/mol. The minimum Gasteiger partial charge on any atom is -0.366 e. The summed E-state index contributed by atoms with van der Waals surface area (Å²) in [4.78, 5) is 13.2. The van der Waals surface area contributed by atoms with E-state index in [1.165, 1.54) is 18.2 Å². The Labute approximate surface area is 162 Å². The maximum absolute atomic E-state index is 14.0. The highest BCUT2D eigenvalue weighted by Crippen LogP contribution is 2.24. The van der Waals surface area contributed by atoms with Crippen molar-refractivity contribution in [3.63, 3.8) is 0 Å². The lowest BCUT2D eigenvalue weighted by atomic mass is 10.1. The average Bonchev–Trinajstić information content (AvgIpc) is 2.74. The standard InChI is InChI=1S/C21H21F2N5/c22-16-5-3-4-15(12-16)19-13-17(14-24)25-21(26-19)28-10-8-27(9-11-28)20-7-2-1-6-18(20)23/h1-7,12-13H,8-11,14,24H2. The summed E-state index contributed by atoms with van der Waals surface area (Å²) in [6.07, 6.45) is 0. The van der Waals surface area contributed by atoms with Crippen LogP contribution < -0.4 is 15.5 Å². The van der Waals surface area contributed by atoms with E-state index in [9.17, 15) is 8.78 Å². The molecule has 2 N–H and O–H groups in total. The van der Waals surface area contributed by atoms with E-state index in [0.29, 0.717) is 54.8 Å². The molecule has 5 nitrogen and oxygen atoms in total. The van der Waals surface area contributed by atoms with Gasteiger partial charge in [-0.3, -0.25) is 0 Å². The second-order valence-corrected chi connectivity index (χ2v) is 6.68. The van der Waals surface area contributed by atoms with Crippen molar-refractivity contribution in [1.82, 2.24) is 9.97 Å². The van der Waals surface area contributed by atoms with Crippen LogP contribution in [0.25, 0.3) is 11.3 Å². The topological polar surface area (TPSA) is 58.3 Å². The zero-order chi connectivity index (χ0) is 19.5. The Kier molecular flexibility index (Phi) is 5.16. The van der Waals surface area contributed by atoms with Crippen LogP contribution in [0, 0.1) is 11.6 Å². The van der Waals surface area contributed by atoms with Gasteiger partial charge in [-0.2, -0.15) is 0 Å². The number of rotatable bonds is 4. The lowest BCUT2D eigenvalue weighted by molar-refractivity contribution is 0.593. The zero-order valence-corrected chi connectivity index (χ0v) is 15.4. The van der Waals surface area contributed by atoms with E-state index in [1.807, 2.05) is 17.0 Å². The fraction of sp³-hybridized carbons (Fsp3) is 0.238. The largest absolute Gasteiger partial charge is 0.366 e. The molecule has 2 heterocycles. The number of benzene rings is 2. The molecule has 0 unspecified atom stereocenters. The highest BCUT2D eigenvalue weighted by atomic mass is 19.1. The van der Waals surface area contributed by atoms with Crippen molar-refractivity contribution < 1.29 is 8.78 Å². The van der Waals surface area contributed by atoms with Crippen LogP contribution in [0.1, 0.15) is 5.69 Å². The van der Waals surface area contributed by atoms with Gasteiger partial charge in [0.15, 0.2) is 0 Å². The Morgan fingerprint density at radius 3 is 2.32 bits per heavy atom. The molecule has 1 aliphatic heterocycles. The van der Waals surface area contributed by atoms with Gasteiger partial charge in [-0.25, -0.2) is 18.7 Å². The van der Waals surface area contributed by atoms with Gasteiger partial charge in [0.25, 0.3) is 0 Å². The van der Waals surface area contributed by atoms with E-state index in [0.717, 1.165) is 0 Å². The van der Waals surface area contributed by atoms with Gasteiger partial charge in [-0.1, -0.05) is 24.3 Å². The van der Waals surface area contributed by atoms with Gasteiger partial charge in [-0.15, -0.1) is 0 Å². The second-order valence-electron chi connectivity index (χ2n) is 6.68. The molecular formula is C21H21F2N5. The summed E-state index contributed by atoms with van der Waals surface area (Å²) in [6.45, 7) is 2.90. The first-order valence-electron chi connectivity index (χ1n) is 9.22. The summed E-state index contributed by atoms with van der Waals surface area (Å²) in [5.41, 5.74) is 8.44. The number of aromatic nitrogens is 2. The van der Waals surface area contributed by atoms with Gasteiger partial charge in [-0.05, 0) is 30.3 Å². The van der Waals surface area contributed by atoms with Crippen LogP contribution in [0.15, 0.2) is 54.6 Å². The van der Waals surface area contributed by atoms with Crippen LogP contribution in [0.5, 0.6) is 0 Å². The smallest absolute Gasteiger partial charge is 0.226 e. The molecule has 0 amide bonds. The van der Waals surface area contributed by atoms with Gasteiger partial charge >= 0.3 is 0 Å². The first-order valence-corrected chi connectivity index (χ1v) is 9.22. The summed E-state index contributed by atoms with van der Waals surface area (Å²) >= 11 is 0. The van der Waals surface area contributed by atoms with Gasteiger partial charge in [0.1, 0.15) is 11.6 Å². The van der Waals surface area contributed by atoms with Crippen LogP contribution in [0.2, 0.25) is 0 Å². The minimum absolute atomic E-state index is 0.217. The fourth-order valence-electron chi connectivity index (χ4n) is 3.38. The molecule has 0 radical (unpaired) electrons. The molecule has 1 aliphatic rings. The summed E-state index contributed by atoms with van der Waals surface area (Å²) in [6, 6.07) is 14.9. The molecule has 0 atom stereocenters. The number of halogens is 2. The maximum Gasteiger partial charge on any atom is 0.226 e. The zero-order valence-electron chi connectivity index (χ0n) is 15.4. The van der Waals surface area contributed by atoms with Gasteiger partial charge < -0.3 is 15.5 Å². The lowest BCUT2D eigenvalue weighted by Crippen LogP contribution is -2.47. The molecule has 1 fully saturated rings. The SMILES string of the molecule is NCc1cc(-c2cccc(F)c2)nc(N2CCN(c3ccccc3F)CC2)n1. The van der Waals surface area contributed by atoms with E-state index >= 15 is 0 Å². The van der Waals surface area contributed by atoms with Crippen LogP contribution in [-0.4, -0.2) is 36.1 Å². The summed E-state index contributed by atoms with van der Waals surface area (Å²) in [5, 5.41) is 0. The monoisotopic (exact) mass is 381 g/mol. The molecule has 2 aromatic carbocycles. The van der Waals surface area contributed by atoms with Crippen LogP contribution in [-0.2, 0) is 6.54 Å². The van der Waals surface area contributed by atoms with Crippen molar-refractivity contribution in [2.75, 3.05) is 36.0 Å². The Balaban J connectivity index is 1.56. The molecule has 1 saturated heterocycles. The van der Waals surface area contributed by atoms with Crippen LogP contribution in [0.3, 0.4) is 0 Å². The van der Waals surface area contributed by atoms with Crippen molar-refractivity contribution in [2.24, 2.45) is 5.73 Å². The number of hydrogen-bond acceptors (Lipinski definition) is 5. The minimum atomic E-state index is -0.314. The second kappa shape index (κ2) is 7.90. The quantitative estimate of drug-likeness (QED) is 0.752. The number of nitrogens with two attached hydrogens (primary N) is 1. The highest BCUT2D eigenvalue weighted by Gasteiger charge is 2.22. The molecule has 0 spiro atoms. The third-order valence-electron chi connectivity index (χ3n) is 4.85. The van der Waals surface area contributed by atoms with E-state index in [1.54, 1.807) is 24.3 Å². The van der Waals surface area contributed by atoms with Crippen LogP contribution in [0.4, 0.5) is 20.4 Å². The Bertz CT molecular complexity index is 971. The molecule has 1 aromatic heterocycles. The van der Waals surface area contributed by atoms with Crippen LogP contribution >= 0.6 is 0 Å². The predicted molar refractivity (Wildman–Crippen MR) is 106 cm³/mol. The van der Waals surface area contributed by atoms with Crippen molar-refractivity contribution in [1.29, 1.82) is 0 Å². The first kappa shape index (κ1) is 18.3. The van der Waals surface area contributed by atoms with Crippen molar-refractivity contribution in [2.45, 2.75) is 6.54 Å². The maximum atomic E-state index is 14.0. The number of nitrogens with zero attached hydrogens (tertiary/aromatic N) is 4. The van der Waals surface area contributed by atoms with E-state index < -0.39 is 0 Å². The van der Waals surface area contributed by atoms with E-state index in [-0.39, 0.29) is 18.2 Å². The van der Waals surface area contributed by atoms with Crippen molar-refractivity contribution in [3.8, 4) is 11.3 Å². The van der Waals surface area contributed by atoms with Gasteiger partial charge in [0, 0.05) is 38.3 Å². The number of piperazine rings is 1. The summed E-state index contributed by atoms with van der Waals surface area (Å²) < 4.78 is 27.7. The van der Waals surface area contributed by atoms with Gasteiger partial charge in [0.2, 0.25) is 5.95 Å². The predicted octanol–water partition coefficient (Wildman–Crippen LogP) is 3.21. The summed E-state index contributed by atoms with van der Waals surface area (Å²) in [7, 11) is 0.